The molecule has 1 aliphatic rings. The minimum atomic E-state index is 0.663. The van der Waals surface area contributed by atoms with Gasteiger partial charge in [-0.2, -0.15) is 0 Å². The highest BCUT2D eigenvalue weighted by Gasteiger charge is 2.14. The summed E-state index contributed by atoms with van der Waals surface area (Å²) in [6, 6.07) is 17.0. The maximum absolute atomic E-state index is 6.25. The minimum absolute atomic E-state index is 0.663. The molecule has 2 aromatic heterocycles. The topological polar surface area (TPSA) is 33.5 Å². The number of pyridine rings is 1. The summed E-state index contributed by atoms with van der Waals surface area (Å²) >= 11 is 6.25. The number of rotatable bonds is 6. The minimum Gasteiger partial charge on any atom is -0.492 e. The Labute approximate surface area is 194 Å². The molecule has 1 saturated heterocycles. The molecule has 166 valence electrons. The summed E-state index contributed by atoms with van der Waals surface area (Å²) in [6.07, 6.45) is 1.72. The summed E-state index contributed by atoms with van der Waals surface area (Å²) in [7, 11) is 2.18. The standard InChI is InChI=1S/C26H29ClN4O/c1-3-31-25-9-6-20(16-23(25)24-17-21(27)18-28-26(24)31)19-4-7-22(8-5-19)32-15-14-30-12-10-29(2)11-13-30/h4-9,16-18H,3,10-15H2,1-2H3. The number of fused-ring (bicyclic) bond motifs is 3. The highest BCUT2D eigenvalue weighted by Crippen LogP contribution is 2.33. The van der Waals surface area contributed by atoms with E-state index in [0.717, 1.165) is 62.7 Å². The zero-order chi connectivity index (χ0) is 22.1. The van der Waals surface area contributed by atoms with Gasteiger partial charge < -0.3 is 14.2 Å². The van der Waals surface area contributed by atoms with Gasteiger partial charge in [0, 0.05) is 56.2 Å². The largest absolute Gasteiger partial charge is 0.492 e. The van der Waals surface area contributed by atoms with Crippen LogP contribution in [-0.2, 0) is 6.54 Å². The fourth-order valence-electron chi connectivity index (χ4n) is 4.55. The van der Waals surface area contributed by atoms with Crippen LogP contribution in [0.1, 0.15) is 6.92 Å². The van der Waals surface area contributed by atoms with Crippen LogP contribution in [0.15, 0.2) is 54.7 Å². The van der Waals surface area contributed by atoms with Crippen molar-refractivity contribution < 1.29 is 4.74 Å². The number of ether oxygens (including phenoxy) is 1. The Morgan fingerprint density at radius 2 is 1.69 bits per heavy atom. The first-order valence-electron chi connectivity index (χ1n) is 11.3. The van der Waals surface area contributed by atoms with Crippen LogP contribution < -0.4 is 4.74 Å². The van der Waals surface area contributed by atoms with E-state index in [9.17, 15) is 0 Å². The summed E-state index contributed by atoms with van der Waals surface area (Å²) in [6.45, 7) is 9.23. The second-order valence-corrected chi connectivity index (χ2v) is 8.96. The molecule has 0 unspecified atom stereocenters. The highest BCUT2D eigenvalue weighted by atomic mass is 35.5. The van der Waals surface area contributed by atoms with Crippen LogP contribution in [0.25, 0.3) is 33.1 Å². The van der Waals surface area contributed by atoms with Gasteiger partial charge in [-0.15, -0.1) is 0 Å². The van der Waals surface area contributed by atoms with E-state index in [1.807, 2.05) is 6.07 Å². The van der Waals surface area contributed by atoms with Crippen molar-refractivity contribution in [1.29, 1.82) is 0 Å². The fourth-order valence-corrected chi connectivity index (χ4v) is 4.71. The van der Waals surface area contributed by atoms with E-state index in [1.165, 1.54) is 22.0 Å². The van der Waals surface area contributed by atoms with Gasteiger partial charge in [0.2, 0.25) is 0 Å². The number of hydrogen-bond acceptors (Lipinski definition) is 4. The van der Waals surface area contributed by atoms with Crippen LogP contribution in [0.5, 0.6) is 5.75 Å². The zero-order valence-corrected chi connectivity index (χ0v) is 19.5. The van der Waals surface area contributed by atoms with Crippen LogP contribution >= 0.6 is 11.6 Å². The summed E-state index contributed by atoms with van der Waals surface area (Å²) in [5.74, 6) is 0.919. The average Bonchev–Trinajstić information content (AvgIpc) is 3.13. The van der Waals surface area contributed by atoms with Gasteiger partial charge in [-0.25, -0.2) is 4.98 Å². The quantitative estimate of drug-likeness (QED) is 0.408. The molecule has 4 aromatic rings. The van der Waals surface area contributed by atoms with E-state index in [0.29, 0.717) is 5.02 Å². The Hall–Kier alpha value is -2.60. The Morgan fingerprint density at radius 3 is 2.44 bits per heavy atom. The normalized spacial score (nSPS) is 15.6. The lowest BCUT2D eigenvalue weighted by molar-refractivity contribution is 0.134. The van der Waals surface area contributed by atoms with E-state index < -0.39 is 0 Å². The smallest absolute Gasteiger partial charge is 0.141 e. The van der Waals surface area contributed by atoms with Gasteiger partial charge in [-0.1, -0.05) is 29.8 Å². The number of hydrogen-bond donors (Lipinski definition) is 0. The van der Waals surface area contributed by atoms with E-state index in [2.05, 4.69) is 75.8 Å². The van der Waals surface area contributed by atoms with Gasteiger partial charge in [-0.3, -0.25) is 4.90 Å². The first kappa shape index (κ1) is 21.3. The zero-order valence-electron chi connectivity index (χ0n) is 18.7. The molecular weight excluding hydrogens is 420 g/mol. The molecule has 0 aliphatic carbocycles. The molecule has 6 heteroatoms. The van der Waals surface area contributed by atoms with Gasteiger partial charge in [-0.05, 0) is 55.4 Å². The van der Waals surface area contributed by atoms with Crippen molar-refractivity contribution in [2.75, 3.05) is 46.4 Å². The third kappa shape index (κ3) is 4.20. The van der Waals surface area contributed by atoms with Crippen LogP contribution in [0, 0.1) is 0 Å². The third-order valence-corrected chi connectivity index (χ3v) is 6.65. The Balaban J connectivity index is 1.33. The van der Waals surface area contributed by atoms with E-state index >= 15 is 0 Å². The summed E-state index contributed by atoms with van der Waals surface area (Å²) in [5, 5.41) is 2.94. The third-order valence-electron chi connectivity index (χ3n) is 6.44. The number of likely N-dealkylation sites (N-methyl/N-ethyl adjacent to an activating group) is 1. The first-order valence-corrected chi connectivity index (χ1v) is 11.7. The van der Waals surface area contributed by atoms with Crippen molar-refractivity contribution in [3.8, 4) is 16.9 Å². The molecule has 0 N–H and O–H groups in total. The maximum Gasteiger partial charge on any atom is 0.141 e. The summed E-state index contributed by atoms with van der Waals surface area (Å²) in [5.41, 5.74) is 4.51. The van der Waals surface area contributed by atoms with Crippen molar-refractivity contribution in [1.82, 2.24) is 19.4 Å². The van der Waals surface area contributed by atoms with Gasteiger partial charge >= 0.3 is 0 Å². The molecular formula is C26H29ClN4O. The van der Waals surface area contributed by atoms with Crippen molar-refractivity contribution in [3.05, 3.63) is 59.8 Å². The van der Waals surface area contributed by atoms with Crippen LogP contribution in [0.3, 0.4) is 0 Å². The van der Waals surface area contributed by atoms with Gasteiger partial charge in [0.15, 0.2) is 0 Å². The number of benzene rings is 2. The Kier molecular flexibility index (Phi) is 6.05. The van der Waals surface area contributed by atoms with Crippen molar-refractivity contribution >= 4 is 33.5 Å². The number of halogens is 1. The molecule has 0 radical (unpaired) electrons. The Morgan fingerprint density at radius 1 is 0.938 bits per heavy atom. The molecule has 3 heterocycles. The monoisotopic (exact) mass is 448 g/mol. The van der Waals surface area contributed by atoms with Crippen LogP contribution in [0.4, 0.5) is 0 Å². The molecule has 32 heavy (non-hydrogen) atoms. The van der Waals surface area contributed by atoms with Crippen LogP contribution in [0.2, 0.25) is 5.02 Å². The number of piperazine rings is 1. The molecule has 5 nitrogen and oxygen atoms in total. The van der Waals surface area contributed by atoms with Gasteiger partial charge in [0.05, 0.1) is 10.5 Å². The van der Waals surface area contributed by atoms with Gasteiger partial charge in [0.25, 0.3) is 0 Å². The van der Waals surface area contributed by atoms with Crippen LogP contribution in [-0.4, -0.2) is 65.7 Å². The van der Waals surface area contributed by atoms with E-state index in [4.69, 9.17) is 16.3 Å². The second kappa shape index (κ2) is 9.10. The molecule has 5 rings (SSSR count). The molecule has 0 saturated carbocycles. The number of aryl methyl sites for hydroxylation is 1. The molecule has 0 bridgehead atoms. The maximum atomic E-state index is 6.25. The molecule has 0 amide bonds. The second-order valence-electron chi connectivity index (χ2n) is 8.52. The summed E-state index contributed by atoms with van der Waals surface area (Å²) in [4.78, 5) is 9.42. The van der Waals surface area contributed by atoms with E-state index in [1.54, 1.807) is 6.20 Å². The molecule has 1 fully saturated rings. The Bertz CT molecular complexity index is 1230. The number of aromatic nitrogens is 2. The van der Waals surface area contributed by atoms with Gasteiger partial charge in [0.1, 0.15) is 18.0 Å². The molecule has 0 spiro atoms. The van der Waals surface area contributed by atoms with Crippen molar-refractivity contribution in [3.63, 3.8) is 0 Å². The lowest BCUT2D eigenvalue weighted by Crippen LogP contribution is -2.45. The van der Waals surface area contributed by atoms with E-state index in [-0.39, 0.29) is 0 Å². The molecule has 2 aromatic carbocycles. The number of nitrogens with zero attached hydrogens (tertiary/aromatic N) is 4. The average molecular weight is 449 g/mol. The first-order chi connectivity index (χ1) is 15.6. The lowest BCUT2D eigenvalue weighted by atomic mass is 10.0. The molecule has 0 atom stereocenters. The SMILES string of the molecule is CCn1c2ccc(-c3ccc(OCCN4CCN(C)CC4)cc3)cc2c2cc(Cl)cnc21. The van der Waals surface area contributed by atoms with Crippen molar-refractivity contribution in [2.24, 2.45) is 0 Å². The predicted molar refractivity (Wildman–Crippen MR) is 133 cm³/mol. The fraction of sp³-hybridized carbons (Fsp3) is 0.346. The highest BCUT2D eigenvalue weighted by molar-refractivity contribution is 6.31. The molecule has 1 aliphatic heterocycles. The predicted octanol–water partition coefficient (Wildman–Crippen LogP) is 5.16. The van der Waals surface area contributed by atoms with Crippen molar-refractivity contribution in [2.45, 2.75) is 13.5 Å². The lowest BCUT2D eigenvalue weighted by Gasteiger charge is -2.32. The summed E-state index contributed by atoms with van der Waals surface area (Å²) < 4.78 is 8.24.